The molecule has 1 aliphatic heterocycles. The Balaban J connectivity index is 1.49. The van der Waals surface area contributed by atoms with Crippen LogP contribution in [0.1, 0.15) is 49.9 Å². The molecule has 1 aromatic carbocycles. The zero-order chi connectivity index (χ0) is 20.6. The van der Waals surface area contributed by atoms with Crippen molar-refractivity contribution in [1.29, 1.82) is 0 Å². The summed E-state index contributed by atoms with van der Waals surface area (Å²) in [5, 5.41) is 11.3. The number of aromatic nitrogens is 2. The van der Waals surface area contributed by atoms with Gasteiger partial charge in [0, 0.05) is 18.7 Å². The predicted molar refractivity (Wildman–Crippen MR) is 116 cm³/mol. The highest BCUT2D eigenvalue weighted by Gasteiger charge is 2.17. The maximum atomic E-state index is 12.4. The van der Waals surface area contributed by atoms with Gasteiger partial charge in [0.25, 0.3) is 5.91 Å². The number of thioether (sulfide) groups is 1. The summed E-state index contributed by atoms with van der Waals surface area (Å²) < 4.78 is 6.25. The number of ether oxygens (including phenoxy) is 1. The van der Waals surface area contributed by atoms with Gasteiger partial charge in [-0.05, 0) is 51.0 Å². The van der Waals surface area contributed by atoms with E-state index in [2.05, 4.69) is 15.5 Å². The number of hydrogen-bond acceptors (Lipinski definition) is 7. The van der Waals surface area contributed by atoms with Crippen LogP contribution in [-0.4, -0.2) is 51.9 Å². The molecule has 1 saturated heterocycles. The third-order valence-electron chi connectivity index (χ3n) is 4.39. The van der Waals surface area contributed by atoms with Crippen LogP contribution in [0.5, 0.6) is 5.75 Å². The number of amides is 2. The second-order valence-electron chi connectivity index (χ2n) is 7.10. The van der Waals surface area contributed by atoms with E-state index in [9.17, 15) is 9.59 Å². The van der Waals surface area contributed by atoms with Gasteiger partial charge in [-0.25, -0.2) is 0 Å². The van der Waals surface area contributed by atoms with E-state index in [1.165, 1.54) is 35.9 Å². The second kappa shape index (κ2) is 10.6. The summed E-state index contributed by atoms with van der Waals surface area (Å²) in [5.41, 5.74) is 0.516. The number of carbonyl (C=O) groups is 2. The predicted octanol–water partition coefficient (Wildman–Crippen LogP) is 4.07. The lowest BCUT2D eigenvalue weighted by atomic mass is 10.2. The highest BCUT2D eigenvalue weighted by Crippen LogP contribution is 2.26. The van der Waals surface area contributed by atoms with Crippen molar-refractivity contribution in [1.82, 2.24) is 15.1 Å². The molecule has 7 nitrogen and oxygen atoms in total. The molecule has 2 amide bonds. The van der Waals surface area contributed by atoms with Crippen LogP contribution in [0.4, 0.5) is 5.13 Å². The van der Waals surface area contributed by atoms with Crippen molar-refractivity contribution < 1.29 is 14.3 Å². The van der Waals surface area contributed by atoms with E-state index in [0.717, 1.165) is 31.7 Å². The van der Waals surface area contributed by atoms with E-state index in [1.807, 2.05) is 18.7 Å². The van der Waals surface area contributed by atoms with Gasteiger partial charge in [0.2, 0.25) is 11.0 Å². The number of nitrogens with one attached hydrogen (secondary N) is 1. The Morgan fingerprint density at radius 3 is 2.48 bits per heavy atom. The fraction of sp³-hybridized carbons (Fsp3) is 0.500. The van der Waals surface area contributed by atoms with Crippen molar-refractivity contribution in [3.05, 3.63) is 29.8 Å². The minimum Gasteiger partial charge on any atom is -0.491 e. The Bertz CT molecular complexity index is 815. The molecule has 1 N–H and O–H groups in total. The molecule has 0 saturated carbocycles. The number of likely N-dealkylation sites (tertiary alicyclic amines) is 1. The molecule has 1 fully saturated rings. The molecule has 0 spiro atoms. The molecule has 0 bridgehead atoms. The highest BCUT2D eigenvalue weighted by atomic mass is 32.2. The second-order valence-corrected chi connectivity index (χ2v) is 9.30. The summed E-state index contributed by atoms with van der Waals surface area (Å²) in [6.45, 7) is 5.59. The topological polar surface area (TPSA) is 84.4 Å². The van der Waals surface area contributed by atoms with Crippen LogP contribution in [-0.2, 0) is 4.79 Å². The minimum atomic E-state index is -0.255. The van der Waals surface area contributed by atoms with E-state index in [0.29, 0.717) is 20.8 Å². The summed E-state index contributed by atoms with van der Waals surface area (Å²) in [5.74, 6) is 0.955. The fourth-order valence-electron chi connectivity index (χ4n) is 2.98. The summed E-state index contributed by atoms with van der Waals surface area (Å²) in [4.78, 5) is 26.7. The summed E-state index contributed by atoms with van der Waals surface area (Å²) in [7, 11) is 0. The highest BCUT2D eigenvalue weighted by molar-refractivity contribution is 8.01. The van der Waals surface area contributed by atoms with E-state index in [-0.39, 0.29) is 17.9 Å². The molecular weight excluding hydrogens is 408 g/mol. The molecule has 1 aliphatic rings. The lowest BCUT2D eigenvalue weighted by Gasteiger charge is -2.19. The van der Waals surface area contributed by atoms with Crippen molar-refractivity contribution in [2.45, 2.75) is 50.0 Å². The number of hydrogen-bond donors (Lipinski definition) is 1. The van der Waals surface area contributed by atoms with Gasteiger partial charge in [-0.15, -0.1) is 10.2 Å². The standard InChI is InChI=1S/C20H26N4O3S2/c1-14(2)27-16-9-7-15(8-10-16)18(26)21-19-22-23-20(29-19)28-13-17(25)24-11-5-3-4-6-12-24/h7-10,14H,3-6,11-13H2,1-2H3,(H,21,22,26). The summed E-state index contributed by atoms with van der Waals surface area (Å²) in [6.07, 6.45) is 4.64. The minimum absolute atomic E-state index is 0.0817. The third-order valence-corrected chi connectivity index (χ3v) is 6.35. The van der Waals surface area contributed by atoms with Gasteiger partial charge in [-0.1, -0.05) is 35.9 Å². The number of anilines is 1. The van der Waals surface area contributed by atoms with Gasteiger partial charge in [0.15, 0.2) is 4.34 Å². The van der Waals surface area contributed by atoms with Crippen LogP contribution >= 0.6 is 23.1 Å². The average molecular weight is 435 g/mol. The van der Waals surface area contributed by atoms with Crippen molar-refractivity contribution in [3.8, 4) is 5.75 Å². The zero-order valence-corrected chi connectivity index (χ0v) is 18.4. The summed E-state index contributed by atoms with van der Waals surface area (Å²) in [6, 6.07) is 6.96. The number of carbonyl (C=O) groups excluding carboxylic acids is 2. The smallest absolute Gasteiger partial charge is 0.257 e. The lowest BCUT2D eigenvalue weighted by Crippen LogP contribution is -2.33. The van der Waals surface area contributed by atoms with Gasteiger partial charge < -0.3 is 9.64 Å². The van der Waals surface area contributed by atoms with Gasteiger partial charge >= 0.3 is 0 Å². The van der Waals surface area contributed by atoms with E-state index in [1.54, 1.807) is 24.3 Å². The number of nitrogens with zero attached hydrogens (tertiary/aromatic N) is 3. The maximum absolute atomic E-state index is 12.4. The quantitative estimate of drug-likeness (QED) is 0.522. The van der Waals surface area contributed by atoms with Crippen LogP contribution in [0.15, 0.2) is 28.6 Å². The normalized spacial score (nSPS) is 14.5. The van der Waals surface area contributed by atoms with Crippen molar-refractivity contribution >= 4 is 40.0 Å². The van der Waals surface area contributed by atoms with Crippen LogP contribution in [0, 0.1) is 0 Å². The lowest BCUT2D eigenvalue weighted by molar-refractivity contribution is -0.128. The first-order valence-electron chi connectivity index (χ1n) is 9.83. The first-order valence-corrected chi connectivity index (χ1v) is 11.6. The summed E-state index contributed by atoms with van der Waals surface area (Å²) >= 11 is 2.64. The maximum Gasteiger partial charge on any atom is 0.257 e. The molecule has 29 heavy (non-hydrogen) atoms. The molecule has 1 aromatic heterocycles. The Kier molecular flexibility index (Phi) is 7.88. The first-order chi connectivity index (χ1) is 14.0. The largest absolute Gasteiger partial charge is 0.491 e. The molecule has 0 aliphatic carbocycles. The van der Waals surface area contributed by atoms with Crippen molar-refractivity contribution in [2.75, 3.05) is 24.2 Å². The fourth-order valence-corrected chi connectivity index (χ4v) is 4.63. The monoisotopic (exact) mass is 434 g/mol. The van der Waals surface area contributed by atoms with Gasteiger partial charge in [-0.2, -0.15) is 0 Å². The van der Waals surface area contributed by atoms with Crippen LogP contribution in [0.2, 0.25) is 0 Å². The molecule has 0 atom stereocenters. The van der Waals surface area contributed by atoms with E-state index >= 15 is 0 Å². The molecule has 3 rings (SSSR count). The first kappa shape index (κ1) is 21.6. The molecular formula is C20H26N4O3S2. The number of rotatable bonds is 7. The zero-order valence-electron chi connectivity index (χ0n) is 16.7. The Morgan fingerprint density at radius 2 is 1.83 bits per heavy atom. The van der Waals surface area contributed by atoms with Gasteiger partial charge in [-0.3, -0.25) is 14.9 Å². The van der Waals surface area contributed by atoms with Crippen LogP contribution < -0.4 is 10.1 Å². The SMILES string of the molecule is CC(C)Oc1ccc(C(=O)Nc2nnc(SCC(=O)N3CCCCCC3)s2)cc1. The van der Waals surface area contributed by atoms with E-state index < -0.39 is 0 Å². The molecule has 2 aromatic rings. The molecule has 156 valence electrons. The van der Waals surface area contributed by atoms with Crippen LogP contribution in [0.3, 0.4) is 0 Å². The Hall–Kier alpha value is -2.13. The van der Waals surface area contributed by atoms with E-state index in [4.69, 9.17) is 4.74 Å². The average Bonchev–Trinajstić information content (AvgIpc) is 2.96. The van der Waals surface area contributed by atoms with Crippen molar-refractivity contribution in [3.63, 3.8) is 0 Å². The number of benzene rings is 1. The molecule has 0 radical (unpaired) electrons. The van der Waals surface area contributed by atoms with Gasteiger partial charge in [0.1, 0.15) is 5.75 Å². The van der Waals surface area contributed by atoms with Crippen LogP contribution in [0.25, 0.3) is 0 Å². The third kappa shape index (κ3) is 6.71. The molecule has 9 heteroatoms. The Labute approximate surface area is 179 Å². The molecule has 0 unspecified atom stereocenters. The van der Waals surface area contributed by atoms with Crippen molar-refractivity contribution in [2.24, 2.45) is 0 Å². The molecule has 2 heterocycles. The van der Waals surface area contributed by atoms with Gasteiger partial charge in [0.05, 0.1) is 11.9 Å². The Morgan fingerprint density at radius 1 is 1.14 bits per heavy atom.